The van der Waals surface area contributed by atoms with E-state index >= 15 is 0 Å². The number of terminal acetylenes is 1. The summed E-state index contributed by atoms with van der Waals surface area (Å²) in [5.74, 6) is 3.26. The monoisotopic (exact) mass is 260 g/mol. The average Bonchev–Trinajstić information content (AvgIpc) is 3.21. The van der Waals surface area contributed by atoms with Crippen LogP contribution in [0.1, 0.15) is 31.4 Å². The highest BCUT2D eigenvalue weighted by atomic mass is 19.1. The number of hydrogen-bond donors (Lipinski definition) is 1. The molecule has 1 saturated carbocycles. The minimum absolute atomic E-state index is 0.102. The van der Waals surface area contributed by atoms with Gasteiger partial charge in [0.05, 0.1) is 6.54 Å². The summed E-state index contributed by atoms with van der Waals surface area (Å²) in [5.41, 5.74) is 2.02. The van der Waals surface area contributed by atoms with Gasteiger partial charge in [-0.1, -0.05) is 5.92 Å². The molecular formula is C16H21FN2. The van der Waals surface area contributed by atoms with E-state index in [1.54, 1.807) is 6.07 Å². The fourth-order valence-corrected chi connectivity index (χ4v) is 2.29. The van der Waals surface area contributed by atoms with Gasteiger partial charge in [-0.3, -0.25) is 0 Å². The molecule has 2 nitrogen and oxygen atoms in total. The van der Waals surface area contributed by atoms with Crippen LogP contribution in [0.4, 0.5) is 10.1 Å². The van der Waals surface area contributed by atoms with Gasteiger partial charge in [0.1, 0.15) is 5.82 Å². The van der Waals surface area contributed by atoms with Crippen molar-refractivity contribution in [3.8, 4) is 12.3 Å². The topological polar surface area (TPSA) is 15.3 Å². The zero-order valence-corrected chi connectivity index (χ0v) is 11.6. The molecule has 1 aromatic carbocycles. The largest absolute Gasteiger partial charge is 0.360 e. The van der Waals surface area contributed by atoms with Gasteiger partial charge < -0.3 is 10.2 Å². The zero-order chi connectivity index (χ0) is 13.8. The molecule has 0 bridgehead atoms. The number of nitrogens with one attached hydrogen (secondary N) is 1. The Morgan fingerprint density at radius 3 is 2.84 bits per heavy atom. The van der Waals surface area contributed by atoms with Crippen LogP contribution in [-0.4, -0.2) is 20.1 Å². The molecule has 1 atom stereocenters. The molecule has 1 aliphatic carbocycles. The molecular weight excluding hydrogens is 239 g/mol. The van der Waals surface area contributed by atoms with E-state index in [2.05, 4.69) is 16.1 Å². The van der Waals surface area contributed by atoms with Gasteiger partial charge in [0.2, 0.25) is 0 Å². The van der Waals surface area contributed by atoms with Crippen molar-refractivity contribution in [2.45, 2.75) is 25.8 Å². The molecule has 0 saturated heterocycles. The van der Waals surface area contributed by atoms with E-state index in [0.717, 1.165) is 23.7 Å². The Morgan fingerprint density at radius 2 is 2.26 bits per heavy atom. The minimum Gasteiger partial charge on any atom is -0.360 e. The quantitative estimate of drug-likeness (QED) is 0.791. The maximum Gasteiger partial charge on any atom is 0.123 e. The molecule has 1 fully saturated rings. The predicted molar refractivity (Wildman–Crippen MR) is 77.6 cm³/mol. The molecule has 0 amide bonds. The van der Waals surface area contributed by atoms with Crippen LogP contribution in [0, 0.1) is 24.1 Å². The molecule has 0 radical (unpaired) electrons. The Bertz CT molecular complexity index is 474. The van der Waals surface area contributed by atoms with Gasteiger partial charge >= 0.3 is 0 Å². The second-order valence-electron chi connectivity index (χ2n) is 5.24. The molecule has 19 heavy (non-hydrogen) atoms. The fourth-order valence-electron chi connectivity index (χ4n) is 2.29. The van der Waals surface area contributed by atoms with Gasteiger partial charge in [-0.15, -0.1) is 6.42 Å². The van der Waals surface area contributed by atoms with Crippen molar-refractivity contribution < 1.29 is 4.39 Å². The molecule has 2 rings (SSSR count). The number of nitrogens with zero attached hydrogens (tertiary/aromatic N) is 1. The second-order valence-corrected chi connectivity index (χ2v) is 5.24. The number of rotatable bonds is 6. The van der Waals surface area contributed by atoms with Crippen LogP contribution < -0.4 is 10.2 Å². The van der Waals surface area contributed by atoms with Crippen LogP contribution in [0.3, 0.4) is 0 Å². The minimum atomic E-state index is -0.201. The zero-order valence-electron chi connectivity index (χ0n) is 11.6. The van der Waals surface area contributed by atoms with Crippen molar-refractivity contribution in [1.82, 2.24) is 5.32 Å². The van der Waals surface area contributed by atoms with Crippen molar-refractivity contribution >= 4 is 5.69 Å². The molecule has 0 heterocycles. The Balaban J connectivity index is 2.31. The van der Waals surface area contributed by atoms with E-state index in [1.807, 2.05) is 20.0 Å². The van der Waals surface area contributed by atoms with Gasteiger partial charge in [0.25, 0.3) is 0 Å². The summed E-state index contributed by atoms with van der Waals surface area (Å²) in [5, 5.41) is 3.17. The molecule has 102 valence electrons. The Hall–Kier alpha value is -1.53. The first-order chi connectivity index (χ1) is 9.15. The SMILES string of the molecule is C#CCN(CC1CC1)c1ccc(F)cc1C(C)NC. The highest BCUT2D eigenvalue weighted by Crippen LogP contribution is 2.34. The van der Waals surface area contributed by atoms with Gasteiger partial charge in [0.15, 0.2) is 0 Å². The van der Waals surface area contributed by atoms with Gasteiger partial charge in [0, 0.05) is 18.3 Å². The summed E-state index contributed by atoms with van der Waals surface area (Å²) in [6, 6.07) is 5.06. The predicted octanol–water partition coefficient (Wildman–Crippen LogP) is 2.96. The molecule has 0 spiro atoms. The Kier molecular flexibility index (Phi) is 4.44. The average molecular weight is 260 g/mol. The second kappa shape index (κ2) is 6.08. The molecule has 0 aliphatic heterocycles. The maximum absolute atomic E-state index is 13.5. The Morgan fingerprint density at radius 1 is 1.53 bits per heavy atom. The fraction of sp³-hybridized carbons (Fsp3) is 0.500. The Labute approximate surface area is 115 Å². The third kappa shape index (κ3) is 3.48. The molecule has 1 aromatic rings. The highest BCUT2D eigenvalue weighted by molar-refractivity contribution is 5.56. The third-order valence-corrected chi connectivity index (χ3v) is 3.69. The number of halogens is 1. The van der Waals surface area contributed by atoms with Crippen molar-refractivity contribution in [2.24, 2.45) is 5.92 Å². The summed E-state index contributed by atoms with van der Waals surface area (Å²) in [4.78, 5) is 2.19. The third-order valence-electron chi connectivity index (χ3n) is 3.69. The van der Waals surface area contributed by atoms with Crippen molar-refractivity contribution in [1.29, 1.82) is 0 Å². The summed E-state index contributed by atoms with van der Waals surface area (Å²) in [7, 11) is 1.88. The first-order valence-electron chi connectivity index (χ1n) is 6.80. The molecule has 1 unspecified atom stereocenters. The van der Waals surface area contributed by atoms with Crippen LogP contribution in [0.2, 0.25) is 0 Å². The van der Waals surface area contributed by atoms with Crippen LogP contribution >= 0.6 is 0 Å². The summed E-state index contributed by atoms with van der Waals surface area (Å²) in [6.07, 6.45) is 8.02. The van der Waals surface area contributed by atoms with Crippen molar-refractivity contribution in [3.63, 3.8) is 0 Å². The lowest BCUT2D eigenvalue weighted by atomic mass is 10.0. The van der Waals surface area contributed by atoms with Gasteiger partial charge in [-0.05, 0) is 56.5 Å². The molecule has 3 heteroatoms. The van der Waals surface area contributed by atoms with Gasteiger partial charge in [-0.25, -0.2) is 4.39 Å². The van der Waals surface area contributed by atoms with Crippen molar-refractivity contribution in [2.75, 3.05) is 25.0 Å². The van der Waals surface area contributed by atoms with E-state index in [0.29, 0.717) is 6.54 Å². The molecule has 1 N–H and O–H groups in total. The molecule has 0 aromatic heterocycles. The number of benzene rings is 1. The van der Waals surface area contributed by atoms with E-state index in [4.69, 9.17) is 6.42 Å². The number of hydrogen-bond acceptors (Lipinski definition) is 2. The van der Waals surface area contributed by atoms with E-state index in [9.17, 15) is 4.39 Å². The molecule has 1 aliphatic rings. The van der Waals surface area contributed by atoms with Crippen LogP contribution in [0.25, 0.3) is 0 Å². The lowest BCUT2D eigenvalue weighted by Crippen LogP contribution is -2.28. The number of anilines is 1. The summed E-state index contributed by atoms with van der Waals surface area (Å²) >= 11 is 0. The summed E-state index contributed by atoms with van der Waals surface area (Å²) in [6.45, 7) is 3.58. The van der Waals surface area contributed by atoms with E-state index < -0.39 is 0 Å². The van der Waals surface area contributed by atoms with Crippen molar-refractivity contribution in [3.05, 3.63) is 29.6 Å². The summed E-state index contributed by atoms with van der Waals surface area (Å²) < 4.78 is 13.5. The van der Waals surface area contributed by atoms with E-state index in [1.165, 1.54) is 18.9 Å². The first kappa shape index (κ1) is 13.9. The maximum atomic E-state index is 13.5. The van der Waals surface area contributed by atoms with Crippen LogP contribution in [0.5, 0.6) is 0 Å². The van der Waals surface area contributed by atoms with E-state index in [-0.39, 0.29) is 11.9 Å². The smallest absolute Gasteiger partial charge is 0.123 e. The normalized spacial score (nSPS) is 15.9. The van der Waals surface area contributed by atoms with Crippen LogP contribution in [-0.2, 0) is 0 Å². The van der Waals surface area contributed by atoms with Crippen LogP contribution in [0.15, 0.2) is 18.2 Å². The van der Waals surface area contributed by atoms with Gasteiger partial charge in [-0.2, -0.15) is 0 Å². The standard InChI is InChI=1S/C16H21FN2/c1-4-9-19(11-13-5-6-13)16-8-7-14(17)10-15(16)12(2)18-3/h1,7-8,10,12-13,18H,5-6,9,11H2,2-3H3. The lowest BCUT2D eigenvalue weighted by molar-refractivity contribution is 0.606. The first-order valence-corrected chi connectivity index (χ1v) is 6.80. The highest BCUT2D eigenvalue weighted by Gasteiger charge is 2.25. The lowest BCUT2D eigenvalue weighted by Gasteiger charge is -2.27.